The Morgan fingerprint density at radius 1 is 1.04 bits per heavy atom. The van der Waals surface area contributed by atoms with Gasteiger partial charge in [-0.1, -0.05) is 57.2 Å². The fraction of sp³-hybridized carbons (Fsp3) is 0.520. The molecule has 1 aliphatic carbocycles. The van der Waals surface area contributed by atoms with Crippen molar-refractivity contribution < 1.29 is 9.50 Å². The summed E-state index contributed by atoms with van der Waals surface area (Å²) in [7, 11) is 0. The minimum Gasteiger partial charge on any atom is -0.385 e. The van der Waals surface area contributed by atoms with Gasteiger partial charge >= 0.3 is 0 Å². The van der Waals surface area contributed by atoms with Crippen LogP contribution >= 0.6 is 0 Å². The van der Waals surface area contributed by atoms with Crippen LogP contribution in [0.3, 0.4) is 0 Å². The van der Waals surface area contributed by atoms with E-state index in [9.17, 15) is 9.50 Å². The molecule has 2 aromatic rings. The maximum Gasteiger partial charge on any atom is 0.123 e. The molecule has 2 aliphatic rings. The van der Waals surface area contributed by atoms with Gasteiger partial charge in [-0.15, -0.1) is 0 Å². The molecule has 0 amide bonds. The van der Waals surface area contributed by atoms with Crippen LogP contribution in [0.15, 0.2) is 48.5 Å². The lowest BCUT2D eigenvalue weighted by Gasteiger charge is -2.27. The van der Waals surface area contributed by atoms with E-state index in [1.807, 2.05) is 6.07 Å². The van der Waals surface area contributed by atoms with E-state index in [2.05, 4.69) is 49.9 Å². The number of hydrogen-bond donors (Lipinski definition) is 1. The van der Waals surface area contributed by atoms with E-state index in [1.54, 1.807) is 12.1 Å². The lowest BCUT2D eigenvalue weighted by Crippen LogP contribution is -2.29. The van der Waals surface area contributed by atoms with Crippen LogP contribution in [0.1, 0.15) is 50.3 Å². The van der Waals surface area contributed by atoms with Crippen LogP contribution in [0, 0.1) is 17.7 Å². The normalized spacial score (nSPS) is 27.9. The lowest BCUT2D eigenvalue weighted by molar-refractivity contribution is 0.0314. The number of halogens is 1. The fourth-order valence-electron chi connectivity index (χ4n) is 5.13. The first-order valence-electron chi connectivity index (χ1n) is 10.5. The van der Waals surface area contributed by atoms with Crippen LogP contribution in [0.2, 0.25) is 0 Å². The molecule has 0 bridgehead atoms. The first-order chi connectivity index (χ1) is 13.2. The van der Waals surface area contributed by atoms with Crippen LogP contribution in [0.5, 0.6) is 0 Å². The molecule has 2 nitrogen and oxygen atoms in total. The number of nitrogens with zero attached hydrogens (tertiary/aromatic N) is 1. The molecule has 2 unspecified atom stereocenters. The third kappa shape index (κ3) is 4.01. The maximum absolute atomic E-state index is 13.4. The number of hydrogen-bond acceptors (Lipinski definition) is 2. The molecule has 1 saturated heterocycles. The Labute approximate surface area is 168 Å². The molecule has 0 aromatic heterocycles. The number of rotatable bonds is 4. The SMILES string of the molecule is CC(C)(C)c1ccc(C2(O)CC3CN(CCc4cccc(F)c4)CC3C2)cc1. The van der Waals surface area contributed by atoms with Crippen LogP contribution in [-0.4, -0.2) is 29.6 Å². The second-order valence-corrected chi connectivity index (χ2v) is 9.93. The van der Waals surface area contributed by atoms with Crippen molar-refractivity contribution in [1.29, 1.82) is 0 Å². The maximum atomic E-state index is 13.4. The van der Waals surface area contributed by atoms with Gasteiger partial charge in [0.1, 0.15) is 5.82 Å². The Balaban J connectivity index is 1.35. The molecule has 4 rings (SSSR count). The predicted octanol–water partition coefficient (Wildman–Crippen LogP) is 4.90. The van der Waals surface area contributed by atoms with Crippen molar-refractivity contribution in [1.82, 2.24) is 4.90 Å². The lowest BCUT2D eigenvalue weighted by atomic mass is 9.84. The fourth-order valence-corrected chi connectivity index (χ4v) is 5.13. The van der Waals surface area contributed by atoms with E-state index in [0.717, 1.165) is 50.0 Å². The highest BCUT2D eigenvalue weighted by atomic mass is 19.1. The minimum atomic E-state index is -0.680. The summed E-state index contributed by atoms with van der Waals surface area (Å²) in [5, 5.41) is 11.3. The summed E-state index contributed by atoms with van der Waals surface area (Å²) in [5.41, 5.74) is 2.89. The molecule has 150 valence electrons. The van der Waals surface area contributed by atoms with Crippen molar-refractivity contribution in [2.24, 2.45) is 11.8 Å². The van der Waals surface area contributed by atoms with Crippen molar-refractivity contribution >= 4 is 0 Å². The van der Waals surface area contributed by atoms with Crippen molar-refractivity contribution in [2.45, 2.75) is 51.0 Å². The van der Waals surface area contributed by atoms with Crippen LogP contribution in [0.25, 0.3) is 0 Å². The van der Waals surface area contributed by atoms with E-state index in [4.69, 9.17) is 0 Å². The highest BCUT2D eigenvalue weighted by Gasteiger charge is 2.48. The zero-order valence-corrected chi connectivity index (χ0v) is 17.3. The van der Waals surface area contributed by atoms with Crippen LogP contribution in [0.4, 0.5) is 4.39 Å². The number of fused-ring (bicyclic) bond motifs is 1. The largest absolute Gasteiger partial charge is 0.385 e. The van der Waals surface area contributed by atoms with E-state index in [-0.39, 0.29) is 11.2 Å². The molecule has 1 N–H and O–H groups in total. The van der Waals surface area contributed by atoms with Gasteiger partial charge in [0, 0.05) is 19.6 Å². The molecule has 1 aliphatic heterocycles. The Morgan fingerprint density at radius 3 is 2.25 bits per heavy atom. The molecule has 1 saturated carbocycles. The molecule has 3 heteroatoms. The Hall–Kier alpha value is -1.71. The molecule has 1 heterocycles. The highest BCUT2D eigenvalue weighted by molar-refractivity contribution is 5.32. The van der Waals surface area contributed by atoms with Gasteiger partial charge in [0.05, 0.1) is 5.60 Å². The Morgan fingerprint density at radius 2 is 1.68 bits per heavy atom. The molecule has 2 fully saturated rings. The van der Waals surface area contributed by atoms with E-state index >= 15 is 0 Å². The van der Waals surface area contributed by atoms with Crippen molar-refractivity contribution in [3.63, 3.8) is 0 Å². The van der Waals surface area contributed by atoms with Gasteiger partial charge in [0.25, 0.3) is 0 Å². The van der Waals surface area contributed by atoms with Crippen LogP contribution < -0.4 is 0 Å². The summed E-state index contributed by atoms with van der Waals surface area (Å²) >= 11 is 0. The Kier molecular flexibility index (Phi) is 5.09. The van der Waals surface area contributed by atoms with Crippen LogP contribution in [-0.2, 0) is 17.4 Å². The van der Waals surface area contributed by atoms with Gasteiger partial charge in [-0.05, 0) is 65.3 Å². The summed E-state index contributed by atoms with van der Waals surface area (Å²) in [6, 6.07) is 15.5. The van der Waals surface area contributed by atoms with Gasteiger partial charge in [0.15, 0.2) is 0 Å². The van der Waals surface area contributed by atoms with E-state index in [1.165, 1.54) is 11.6 Å². The third-order valence-electron chi connectivity index (χ3n) is 6.75. The average molecular weight is 382 g/mol. The molecule has 0 radical (unpaired) electrons. The number of aliphatic hydroxyl groups is 1. The standard InChI is InChI=1S/C25H32FNO/c1-24(2,3)21-7-9-22(10-8-21)25(28)14-19-16-27(17-20(19)15-25)12-11-18-5-4-6-23(26)13-18/h4-10,13,19-20,28H,11-12,14-17H2,1-3H3. The summed E-state index contributed by atoms with van der Waals surface area (Å²) in [4.78, 5) is 2.49. The first kappa shape index (κ1) is 19.6. The zero-order chi connectivity index (χ0) is 19.9. The second-order valence-electron chi connectivity index (χ2n) is 9.93. The number of likely N-dealkylation sites (tertiary alicyclic amines) is 1. The van der Waals surface area contributed by atoms with Crippen molar-refractivity contribution in [3.8, 4) is 0 Å². The quantitative estimate of drug-likeness (QED) is 0.815. The topological polar surface area (TPSA) is 23.5 Å². The van der Waals surface area contributed by atoms with Gasteiger partial charge in [-0.2, -0.15) is 0 Å². The number of benzene rings is 2. The molecule has 0 spiro atoms. The van der Waals surface area contributed by atoms with Gasteiger partial charge in [0.2, 0.25) is 0 Å². The minimum absolute atomic E-state index is 0.134. The van der Waals surface area contributed by atoms with Crippen molar-refractivity contribution in [3.05, 3.63) is 71.0 Å². The van der Waals surface area contributed by atoms with Gasteiger partial charge in [-0.25, -0.2) is 4.39 Å². The van der Waals surface area contributed by atoms with E-state index in [0.29, 0.717) is 11.8 Å². The zero-order valence-electron chi connectivity index (χ0n) is 17.3. The van der Waals surface area contributed by atoms with Gasteiger partial charge in [-0.3, -0.25) is 0 Å². The average Bonchev–Trinajstić information content (AvgIpc) is 3.15. The summed E-state index contributed by atoms with van der Waals surface area (Å²) in [6.07, 6.45) is 2.59. The molecular weight excluding hydrogens is 349 g/mol. The molecule has 28 heavy (non-hydrogen) atoms. The first-order valence-corrected chi connectivity index (χ1v) is 10.5. The third-order valence-corrected chi connectivity index (χ3v) is 6.75. The highest BCUT2D eigenvalue weighted by Crippen LogP contribution is 2.49. The summed E-state index contributed by atoms with van der Waals surface area (Å²) in [6.45, 7) is 9.71. The molecular formula is C25H32FNO. The Bertz CT molecular complexity index is 809. The second kappa shape index (κ2) is 7.27. The monoisotopic (exact) mass is 381 g/mol. The molecule has 2 aromatic carbocycles. The smallest absolute Gasteiger partial charge is 0.123 e. The van der Waals surface area contributed by atoms with Gasteiger partial charge < -0.3 is 10.0 Å². The van der Waals surface area contributed by atoms with E-state index < -0.39 is 5.60 Å². The predicted molar refractivity (Wildman–Crippen MR) is 112 cm³/mol. The molecule has 2 atom stereocenters. The summed E-state index contributed by atoms with van der Waals surface area (Å²) < 4.78 is 13.4. The summed E-state index contributed by atoms with van der Waals surface area (Å²) in [5.74, 6) is 0.956. The van der Waals surface area contributed by atoms with Crippen molar-refractivity contribution in [2.75, 3.05) is 19.6 Å².